The van der Waals surface area contributed by atoms with E-state index in [1.54, 1.807) is 36.3 Å². The summed E-state index contributed by atoms with van der Waals surface area (Å²) in [6.45, 7) is 1.01. The Morgan fingerprint density at radius 2 is 1.86 bits per heavy atom. The van der Waals surface area contributed by atoms with Crippen LogP contribution in [0.4, 0.5) is 5.69 Å². The summed E-state index contributed by atoms with van der Waals surface area (Å²) >= 11 is 0. The lowest BCUT2D eigenvalue weighted by Crippen LogP contribution is -2.40. The van der Waals surface area contributed by atoms with Crippen molar-refractivity contribution in [3.63, 3.8) is 0 Å². The van der Waals surface area contributed by atoms with Crippen molar-refractivity contribution in [1.82, 2.24) is 0 Å². The molecule has 22 heavy (non-hydrogen) atoms. The van der Waals surface area contributed by atoms with Crippen molar-refractivity contribution in [1.29, 1.82) is 0 Å². The Kier molecular flexibility index (Phi) is 4.14. The van der Waals surface area contributed by atoms with E-state index < -0.39 is 0 Å². The van der Waals surface area contributed by atoms with E-state index in [1.165, 1.54) is 0 Å². The number of anilines is 1. The van der Waals surface area contributed by atoms with E-state index in [1.807, 2.05) is 24.3 Å². The molecular formula is C17H17NO4. The molecule has 3 rings (SSSR count). The summed E-state index contributed by atoms with van der Waals surface area (Å²) in [6.07, 6.45) is 0. The van der Waals surface area contributed by atoms with Crippen molar-refractivity contribution in [3.05, 3.63) is 48.5 Å². The average molecular weight is 299 g/mol. The number of carbonyl (C=O) groups excluding carboxylic acids is 1. The Bertz CT molecular complexity index is 654. The molecule has 0 aromatic heterocycles. The van der Waals surface area contributed by atoms with Crippen molar-refractivity contribution in [3.8, 4) is 17.2 Å². The molecular weight excluding hydrogens is 282 g/mol. The first kappa shape index (κ1) is 14.3. The maximum absolute atomic E-state index is 12.4. The highest BCUT2D eigenvalue weighted by atomic mass is 16.5. The minimum absolute atomic E-state index is 0.0132. The standard InChI is InChI=1S/C17H17NO4/c1-20-13-6-8-14(9-7-13)22-12-17(19)18-10-11-21-16-5-3-2-4-15(16)18/h2-9H,10-12H2,1H3. The molecule has 0 atom stereocenters. The van der Waals surface area contributed by atoms with Gasteiger partial charge in [-0.25, -0.2) is 0 Å². The van der Waals surface area contributed by atoms with Crippen LogP contribution in [-0.4, -0.2) is 32.8 Å². The quantitative estimate of drug-likeness (QED) is 0.870. The normalized spacial score (nSPS) is 13.0. The van der Waals surface area contributed by atoms with Gasteiger partial charge in [-0.15, -0.1) is 0 Å². The van der Waals surface area contributed by atoms with Crippen molar-refractivity contribution >= 4 is 11.6 Å². The third-order valence-electron chi connectivity index (χ3n) is 3.45. The molecule has 5 heteroatoms. The summed E-state index contributed by atoms with van der Waals surface area (Å²) in [5.41, 5.74) is 0.789. The fourth-order valence-electron chi connectivity index (χ4n) is 2.32. The van der Waals surface area contributed by atoms with Gasteiger partial charge < -0.3 is 19.1 Å². The number of methoxy groups -OCH3 is 1. The molecule has 0 aliphatic carbocycles. The molecule has 1 aliphatic heterocycles. The molecule has 2 aromatic carbocycles. The van der Waals surface area contributed by atoms with Crippen LogP contribution in [0.1, 0.15) is 0 Å². The van der Waals surface area contributed by atoms with Gasteiger partial charge in [0, 0.05) is 0 Å². The van der Waals surface area contributed by atoms with Crippen LogP contribution in [0.25, 0.3) is 0 Å². The first-order valence-electron chi connectivity index (χ1n) is 7.07. The van der Waals surface area contributed by atoms with Gasteiger partial charge in [0.05, 0.1) is 19.3 Å². The van der Waals surface area contributed by atoms with Crippen LogP contribution in [-0.2, 0) is 4.79 Å². The summed E-state index contributed by atoms with van der Waals surface area (Å²) in [5.74, 6) is 2.02. The van der Waals surface area contributed by atoms with Gasteiger partial charge in [0.1, 0.15) is 23.9 Å². The summed E-state index contributed by atoms with van der Waals surface area (Å²) in [4.78, 5) is 14.1. The minimum atomic E-state index is -0.0911. The number of amides is 1. The molecule has 0 radical (unpaired) electrons. The lowest BCUT2D eigenvalue weighted by molar-refractivity contribution is -0.120. The second-order valence-corrected chi connectivity index (χ2v) is 4.83. The first-order chi connectivity index (χ1) is 10.8. The van der Waals surface area contributed by atoms with Crippen molar-refractivity contribution in [2.24, 2.45) is 0 Å². The molecule has 0 bridgehead atoms. The van der Waals surface area contributed by atoms with Crippen LogP contribution in [0.5, 0.6) is 17.2 Å². The first-order valence-corrected chi connectivity index (χ1v) is 7.07. The second kappa shape index (κ2) is 6.39. The molecule has 1 amide bonds. The van der Waals surface area contributed by atoms with Crippen LogP contribution in [0.3, 0.4) is 0 Å². The number of nitrogens with zero attached hydrogens (tertiary/aromatic N) is 1. The fourth-order valence-corrected chi connectivity index (χ4v) is 2.32. The maximum Gasteiger partial charge on any atom is 0.265 e. The Morgan fingerprint density at radius 3 is 2.64 bits per heavy atom. The largest absolute Gasteiger partial charge is 0.497 e. The zero-order valence-electron chi connectivity index (χ0n) is 12.3. The van der Waals surface area contributed by atoms with Crippen molar-refractivity contribution < 1.29 is 19.0 Å². The minimum Gasteiger partial charge on any atom is -0.497 e. The average Bonchev–Trinajstić information content (AvgIpc) is 2.59. The van der Waals surface area contributed by atoms with Gasteiger partial charge in [-0.1, -0.05) is 12.1 Å². The number of para-hydroxylation sites is 2. The molecule has 0 fully saturated rings. The summed E-state index contributed by atoms with van der Waals surface area (Å²) in [6, 6.07) is 14.7. The van der Waals surface area contributed by atoms with Gasteiger partial charge in [0.2, 0.25) is 0 Å². The smallest absolute Gasteiger partial charge is 0.265 e. The number of hydrogen-bond acceptors (Lipinski definition) is 4. The number of hydrogen-bond donors (Lipinski definition) is 0. The number of rotatable bonds is 4. The molecule has 0 spiro atoms. The SMILES string of the molecule is COc1ccc(OCC(=O)N2CCOc3ccccc32)cc1. The topological polar surface area (TPSA) is 48.0 Å². The number of fused-ring (bicyclic) bond motifs is 1. The van der Waals surface area contributed by atoms with Gasteiger partial charge >= 0.3 is 0 Å². The van der Waals surface area contributed by atoms with E-state index in [0.717, 1.165) is 17.2 Å². The third kappa shape index (κ3) is 2.98. The van der Waals surface area contributed by atoms with Crippen LogP contribution in [0.15, 0.2) is 48.5 Å². The van der Waals surface area contributed by atoms with E-state index in [9.17, 15) is 4.79 Å². The molecule has 1 heterocycles. The third-order valence-corrected chi connectivity index (χ3v) is 3.45. The van der Waals surface area contributed by atoms with Gasteiger partial charge in [-0.3, -0.25) is 4.79 Å². The summed E-state index contributed by atoms with van der Waals surface area (Å²) in [5, 5.41) is 0. The highest BCUT2D eigenvalue weighted by molar-refractivity contribution is 5.96. The molecule has 0 N–H and O–H groups in total. The van der Waals surface area contributed by atoms with Crippen LogP contribution in [0, 0.1) is 0 Å². The van der Waals surface area contributed by atoms with Gasteiger partial charge in [-0.05, 0) is 36.4 Å². The predicted octanol–water partition coefficient (Wildman–Crippen LogP) is 2.50. The van der Waals surface area contributed by atoms with E-state index in [-0.39, 0.29) is 12.5 Å². The zero-order valence-corrected chi connectivity index (χ0v) is 12.3. The Labute approximate surface area is 129 Å². The molecule has 5 nitrogen and oxygen atoms in total. The van der Waals surface area contributed by atoms with E-state index in [4.69, 9.17) is 14.2 Å². The predicted molar refractivity (Wildman–Crippen MR) is 82.8 cm³/mol. The van der Waals surface area contributed by atoms with Gasteiger partial charge in [-0.2, -0.15) is 0 Å². The molecule has 0 unspecified atom stereocenters. The highest BCUT2D eigenvalue weighted by Gasteiger charge is 2.23. The zero-order chi connectivity index (χ0) is 15.4. The number of benzene rings is 2. The molecule has 2 aromatic rings. The lowest BCUT2D eigenvalue weighted by atomic mass is 10.2. The number of ether oxygens (including phenoxy) is 3. The molecule has 1 aliphatic rings. The highest BCUT2D eigenvalue weighted by Crippen LogP contribution is 2.31. The van der Waals surface area contributed by atoms with E-state index in [0.29, 0.717) is 18.9 Å². The maximum atomic E-state index is 12.4. The second-order valence-electron chi connectivity index (χ2n) is 4.83. The summed E-state index contributed by atoms with van der Waals surface area (Å²) < 4.78 is 16.2. The van der Waals surface area contributed by atoms with Crippen LogP contribution in [0.2, 0.25) is 0 Å². The molecule has 0 saturated carbocycles. The van der Waals surface area contributed by atoms with E-state index in [2.05, 4.69) is 0 Å². The molecule has 0 saturated heterocycles. The Morgan fingerprint density at radius 1 is 1.14 bits per heavy atom. The van der Waals surface area contributed by atoms with Gasteiger partial charge in [0.15, 0.2) is 6.61 Å². The van der Waals surface area contributed by atoms with Gasteiger partial charge in [0.25, 0.3) is 5.91 Å². The van der Waals surface area contributed by atoms with Crippen LogP contribution >= 0.6 is 0 Å². The summed E-state index contributed by atoms with van der Waals surface area (Å²) in [7, 11) is 1.61. The Hall–Kier alpha value is -2.69. The fraction of sp³-hybridized carbons (Fsp3) is 0.235. The number of carbonyl (C=O) groups is 1. The van der Waals surface area contributed by atoms with Crippen LogP contribution < -0.4 is 19.1 Å². The van der Waals surface area contributed by atoms with Crippen molar-refractivity contribution in [2.45, 2.75) is 0 Å². The monoisotopic (exact) mass is 299 g/mol. The van der Waals surface area contributed by atoms with E-state index >= 15 is 0 Å². The van der Waals surface area contributed by atoms with Crippen molar-refractivity contribution in [2.75, 3.05) is 31.8 Å². The molecule has 114 valence electrons. The Balaban J connectivity index is 1.65. The lowest BCUT2D eigenvalue weighted by Gasteiger charge is -2.29.